The quantitative estimate of drug-likeness (QED) is 0.907. The fourth-order valence-electron chi connectivity index (χ4n) is 2.65. The van der Waals surface area contributed by atoms with Crippen molar-refractivity contribution in [3.05, 3.63) is 35.6 Å². The number of benzene rings is 1. The van der Waals surface area contributed by atoms with Crippen molar-refractivity contribution in [3.63, 3.8) is 0 Å². The summed E-state index contributed by atoms with van der Waals surface area (Å²) < 4.78 is 14.0. The van der Waals surface area contributed by atoms with Crippen molar-refractivity contribution in [1.82, 2.24) is 10.2 Å². The molecule has 1 N–H and O–H groups in total. The Morgan fingerprint density at radius 2 is 2.15 bits per heavy atom. The zero-order valence-corrected chi connectivity index (χ0v) is 12.9. The standard InChI is InChI=1S/C15H21FN2OS/c1-4-11(9-20-3)18-14(17-10(2)15(18)19)12-7-5-6-8-13(12)16/h5-8,10-11,14,17H,4,9H2,1-3H3. The van der Waals surface area contributed by atoms with Crippen LogP contribution < -0.4 is 5.32 Å². The smallest absolute Gasteiger partial charge is 0.241 e. The molecule has 1 aliphatic heterocycles. The summed E-state index contributed by atoms with van der Waals surface area (Å²) in [5, 5.41) is 3.21. The van der Waals surface area contributed by atoms with Crippen LogP contribution in [0.25, 0.3) is 0 Å². The predicted molar refractivity (Wildman–Crippen MR) is 81.0 cm³/mol. The molecule has 0 aliphatic carbocycles. The molecule has 0 spiro atoms. The summed E-state index contributed by atoms with van der Waals surface area (Å²) in [6, 6.07) is 6.52. The van der Waals surface area contributed by atoms with Gasteiger partial charge in [-0.05, 0) is 25.7 Å². The molecule has 0 bridgehead atoms. The number of thioether (sulfide) groups is 1. The van der Waals surface area contributed by atoms with Gasteiger partial charge in [0.1, 0.15) is 12.0 Å². The fourth-order valence-corrected chi connectivity index (χ4v) is 3.43. The Kier molecular flexibility index (Phi) is 5.05. The highest BCUT2D eigenvalue weighted by Gasteiger charge is 2.41. The molecule has 1 aromatic rings. The maximum Gasteiger partial charge on any atom is 0.241 e. The van der Waals surface area contributed by atoms with E-state index in [0.717, 1.165) is 12.2 Å². The first-order valence-corrected chi connectivity index (χ1v) is 8.31. The molecule has 20 heavy (non-hydrogen) atoms. The van der Waals surface area contributed by atoms with E-state index in [0.29, 0.717) is 5.56 Å². The highest BCUT2D eigenvalue weighted by atomic mass is 32.2. The lowest BCUT2D eigenvalue weighted by atomic mass is 10.1. The maximum atomic E-state index is 14.0. The number of hydrogen-bond donors (Lipinski definition) is 1. The van der Waals surface area contributed by atoms with Gasteiger partial charge in [0.2, 0.25) is 5.91 Å². The second kappa shape index (κ2) is 6.59. The third-order valence-corrected chi connectivity index (χ3v) is 4.45. The molecular formula is C15H21FN2OS. The molecular weight excluding hydrogens is 275 g/mol. The lowest BCUT2D eigenvalue weighted by Crippen LogP contribution is -2.41. The summed E-state index contributed by atoms with van der Waals surface area (Å²) in [6.45, 7) is 3.90. The molecule has 3 nitrogen and oxygen atoms in total. The third kappa shape index (κ3) is 2.83. The SMILES string of the molecule is CCC(CSC)N1C(=O)C(C)NC1c1ccccc1F. The van der Waals surface area contributed by atoms with Crippen LogP contribution in [0.5, 0.6) is 0 Å². The van der Waals surface area contributed by atoms with E-state index in [4.69, 9.17) is 0 Å². The predicted octanol–water partition coefficient (Wildman–Crippen LogP) is 2.79. The molecule has 0 radical (unpaired) electrons. The van der Waals surface area contributed by atoms with Crippen molar-refractivity contribution >= 4 is 17.7 Å². The summed E-state index contributed by atoms with van der Waals surface area (Å²) in [5.74, 6) is 0.650. The molecule has 110 valence electrons. The first-order valence-electron chi connectivity index (χ1n) is 6.91. The first kappa shape index (κ1) is 15.3. The molecule has 1 heterocycles. The average Bonchev–Trinajstić information content (AvgIpc) is 2.73. The average molecular weight is 296 g/mol. The van der Waals surface area contributed by atoms with Crippen LogP contribution in [0.3, 0.4) is 0 Å². The van der Waals surface area contributed by atoms with Gasteiger partial charge in [0.15, 0.2) is 0 Å². The van der Waals surface area contributed by atoms with Gasteiger partial charge >= 0.3 is 0 Å². The van der Waals surface area contributed by atoms with Gasteiger partial charge in [0.05, 0.1) is 6.04 Å². The number of nitrogens with zero attached hydrogens (tertiary/aromatic N) is 1. The Bertz CT molecular complexity index is 483. The van der Waals surface area contributed by atoms with Crippen LogP contribution in [0.4, 0.5) is 4.39 Å². The van der Waals surface area contributed by atoms with Crippen molar-refractivity contribution in [1.29, 1.82) is 0 Å². The molecule has 1 saturated heterocycles. The molecule has 5 heteroatoms. The van der Waals surface area contributed by atoms with E-state index < -0.39 is 0 Å². The molecule has 3 unspecified atom stereocenters. The highest BCUT2D eigenvalue weighted by Crippen LogP contribution is 2.30. The van der Waals surface area contributed by atoms with E-state index in [1.54, 1.807) is 30.0 Å². The molecule has 1 aromatic carbocycles. The van der Waals surface area contributed by atoms with E-state index in [1.807, 2.05) is 18.1 Å². The second-order valence-corrected chi connectivity index (χ2v) is 5.99. The second-order valence-electron chi connectivity index (χ2n) is 5.08. The Morgan fingerprint density at radius 3 is 2.75 bits per heavy atom. The number of carbonyl (C=O) groups is 1. The van der Waals surface area contributed by atoms with Crippen molar-refractivity contribution < 1.29 is 9.18 Å². The molecule has 1 fully saturated rings. The Labute approximate surface area is 123 Å². The number of hydrogen-bond acceptors (Lipinski definition) is 3. The third-order valence-electron chi connectivity index (χ3n) is 3.73. The normalized spacial score (nSPS) is 24.2. The molecule has 0 saturated carbocycles. The van der Waals surface area contributed by atoms with E-state index in [9.17, 15) is 9.18 Å². The zero-order chi connectivity index (χ0) is 14.7. The molecule has 0 aromatic heterocycles. The van der Waals surface area contributed by atoms with Crippen LogP contribution in [-0.4, -0.2) is 34.9 Å². The van der Waals surface area contributed by atoms with Gasteiger partial charge in [-0.15, -0.1) is 0 Å². The fraction of sp³-hybridized carbons (Fsp3) is 0.533. The topological polar surface area (TPSA) is 32.3 Å². The molecule has 1 aliphatic rings. The Balaban J connectivity index is 2.35. The van der Waals surface area contributed by atoms with Gasteiger partial charge < -0.3 is 4.90 Å². The number of rotatable bonds is 5. The van der Waals surface area contributed by atoms with Gasteiger partial charge in [-0.25, -0.2) is 4.39 Å². The van der Waals surface area contributed by atoms with Gasteiger partial charge in [-0.3, -0.25) is 10.1 Å². The van der Waals surface area contributed by atoms with Crippen molar-refractivity contribution in [2.45, 2.75) is 38.5 Å². The van der Waals surface area contributed by atoms with Crippen LogP contribution in [0, 0.1) is 5.82 Å². The summed E-state index contributed by atoms with van der Waals surface area (Å²) in [4.78, 5) is 14.2. The lowest BCUT2D eigenvalue weighted by molar-refractivity contribution is -0.131. The monoisotopic (exact) mass is 296 g/mol. The van der Waals surface area contributed by atoms with Crippen LogP contribution in [0.1, 0.15) is 32.0 Å². The summed E-state index contributed by atoms with van der Waals surface area (Å²) >= 11 is 1.71. The van der Waals surface area contributed by atoms with Gasteiger partial charge in [-0.1, -0.05) is 25.1 Å². The van der Waals surface area contributed by atoms with Gasteiger partial charge in [0, 0.05) is 17.4 Å². The first-order chi connectivity index (χ1) is 9.60. The molecule has 1 amide bonds. The highest BCUT2D eigenvalue weighted by molar-refractivity contribution is 7.98. The van der Waals surface area contributed by atoms with Crippen LogP contribution in [0.2, 0.25) is 0 Å². The molecule has 2 rings (SSSR count). The number of carbonyl (C=O) groups excluding carboxylic acids is 1. The van der Waals surface area contributed by atoms with E-state index in [-0.39, 0.29) is 30.0 Å². The van der Waals surface area contributed by atoms with Crippen molar-refractivity contribution in [2.24, 2.45) is 0 Å². The Morgan fingerprint density at radius 1 is 1.45 bits per heavy atom. The lowest BCUT2D eigenvalue weighted by Gasteiger charge is -2.32. The minimum Gasteiger partial charge on any atom is -0.318 e. The number of amides is 1. The number of halogens is 1. The molecule has 3 atom stereocenters. The van der Waals surface area contributed by atoms with E-state index >= 15 is 0 Å². The summed E-state index contributed by atoms with van der Waals surface area (Å²) in [6.07, 6.45) is 2.53. The Hall–Kier alpha value is -1.07. The van der Waals surface area contributed by atoms with Gasteiger partial charge in [-0.2, -0.15) is 11.8 Å². The summed E-state index contributed by atoms with van der Waals surface area (Å²) in [7, 11) is 0. The van der Waals surface area contributed by atoms with E-state index in [2.05, 4.69) is 12.2 Å². The zero-order valence-electron chi connectivity index (χ0n) is 12.1. The maximum absolute atomic E-state index is 14.0. The van der Waals surface area contributed by atoms with Crippen LogP contribution in [0.15, 0.2) is 24.3 Å². The number of nitrogens with one attached hydrogen (secondary N) is 1. The van der Waals surface area contributed by atoms with Crippen LogP contribution in [-0.2, 0) is 4.79 Å². The van der Waals surface area contributed by atoms with Gasteiger partial charge in [0.25, 0.3) is 0 Å². The van der Waals surface area contributed by atoms with Crippen LogP contribution >= 0.6 is 11.8 Å². The minimum absolute atomic E-state index is 0.0548. The van der Waals surface area contributed by atoms with Crippen molar-refractivity contribution in [2.75, 3.05) is 12.0 Å². The van der Waals surface area contributed by atoms with Crippen molar-refractivity contribution in [3.8, 4) is 0 Å². The summed E-state index contributed by atoms with van der Waals surface area (Å²) in [5.41, 5.74) is 0.546. The minimum atomic E-state index is -0.365. The van der Waals surface area contributed by atoms with E-state index in [1.165, 1.54) is 6.07 Å². The largest absolute Gasteiger partial charge is 0.318 e.